The number of hydrogen-bond acceptors (Lipinski definition) is 4. The van der Waals surface area contributed by atoms with Crippen LogP contribution in [0.15, 0.2) is 5.38 Å². The van der Waals surface area contributed by atoms with Gasteiger partial charge in [0.15, 0.2) is 0 Å². The van der Waals surface area contributed by atoms with E-state index in [0.29, 0.717) is 5.92 Å². The molecular weight excluding hydrogens is 244 g/mol. The highest BCUT2D eigenvalue weighted by molar-refractivity contribution is 7.09. The first-order chi connectivity index (χ1) is 8.68. The molecule has 0 bridgehead atoms. The Morgan fingerprint density at radius 1 is 1.44 bits per heavy atom. The Bertz CT molecular complexity index is 370. The molecule has 0 aliphatic carbocycles. The molecule has 1 N–H and O–H groups in total. The Morgan fingerprint density at radius 3 is 2.72 bits per heavy atom. The molecule has 0 saturated carbocycles. The predicted molar refractivity (Wildman–Crippen MR) is 76.2 cm³/mol. The highest BCUT2D eigenvalue weighted by Gasteiger charge is 2.36. The van der Waals surface area contributed by atoms with E-state index in [1.165, 1.54) is 10.7 Å². The molecule has 1 saturated heterocycles. The van der Waals surface area contributed by atoms with Gasteiger partial charge in [-0.3, -0.25) is 0 Å². The summed E-state index contributed by atoms with van der Waals surface area (Å²) >= 11 is 1.80. The molecule has 1 aromatic heterocycles. The number of nitrogens with one attached hydrogen (secondary N) is 1. The molecule has 102 valence electrons. The minimum Gasteiger partial charge on any atom is -0.381 e. The zero-order chi connectivity index (χ0) is 13.0. The van der Waals surface area contributed by atoms with Crippen molar-refractivity contribution in [3.05, 3.63) is 16.1 Å². The van der Waals surface area contributed by atoms with Gasteiger partial charge in [-0.25, -0.2) is 4.98 Å². The van der Waals surface area contributed by atoms with Gasteiger partial charge in [0.25, 0.3) is 0 Å². The van der Waals surface area contributed by atoms with Crippen molar-refractivity contribution in [1.82, 2.24) is 10.3 Å². The van der Waals surface area contributed by atoms with Crippen LogP contribution in [0.25, 0.3) is 0 Å². The second-order valence-electron chi connectivity index (χ2n) is 5.35. The highest BCUT2D eigenvalue weighted by Crippen LogP contribution is 2.35. The van der Waals surface area contributed by atoms with E-state index in [0.717, 1.165) is 39.0 Å². The maximum absolute atomic E-state index is 5.52. The smallest absolute Gasteiger partial charge is 0.113 e. The average Bonchev–Trinajstić information content (AvgIpc) is 2.88. The maximum Gasteiger partial charge on any atom is 0.113 e. The van der Waals surface area contributed by atoms with Crippen LogP contribution < -0.4 is 5.32 Å². The zero-order valence-electron chi connectivity index (χ0n) is 11.7. The van der Waals surface area contributed by atoms with E-state index in [-0.39, 0.29) is 5.54 Å². The Kier molecular flexibility index (Phi) is 4.76. The normalized spacial score (nSPS) is 19.3. The van der Waals surface area contributed by atoms with E-state index in [1.807, 2.05) is 0 Å². The number of aromatic nitrogens is 1. The first-order valence-electron chi connectivity index (χ1n) is 6.96. The maximum atomic E-state index is 5.52. The van der Waals surface area contributed by atoms with Crippen LogP contribution in [0.1, 0.15) is 56.7 Å². The van der Waals surface area contributed by atoms with Crippen molar-refractivity contribution in [3.8, 4) is 0 Å². The van der Waals surface area contributed by atoms with E-state index in [2.05, 4.69) is 31.5 Å². The molecule has 18 heavy (non-hydrogen) atoms. The summed E-state index contributed by atoms with van der Waals surface area (Å²) in [5.74, 6) is 0.512. The third-order valence-corrected chi connectivity index (χ3v) is 4.65. The molecule has 1 aliphatic heterocycles. The van der Waals surface area contributed by atoms with Crippen LogP contribution in [0.3, 0.4) is 0 Å². The van der Waals surface area contributed by atoms with Gasteiger partial charge < -0.3 is 10.1 Å². The molecule has 1 aromatic rings. The minimum atomic E-state index is 0.0616. The van der Waals surface area contributed by atoms with Crippen LogP contribution in [0, 0.1) is 0 Å². The van der Waals surface area contributed by atoms with Gasteiger partial charge in [-0.2, -0.15) is 0 Å². The quantitative estimate of drug-likeness (QED) is 0.890. The molecule has 3 nitrogen and oxygen atoms in total. The lowest BCUT2D eigenvalue weighted by molar-refractivity contribution is 0.0366. The molecular formula is C14H24N2OS. The van der Waals surface area contributed by atoms with Gasteiger partial charge in [0.1, 0.15) is 5.01 Å². The van der Waals surface area contributed by atoms with Crippen molar-refractivity contribution < 1.29 is 4.74 Å². The molecule has 2 heterocycles. The molecule has 0 unspecified atom stereocenters. The summed E-state index contributed by atoms with van der Waals surface area (Å²) in [6.45, 7) is 9.35. The van der Waals surface area contributed by atoms with Crippen molar-refractivity contribution in [2.75, 3.05) is 19.8 Å². The molecule has 1 aliphatic rings. The third-order valence-electron chi connectivity index (χ3n) is 3.58. The lowest BCUT2D eigenvalue weighted by Crippen LogP contribution is -2.47. The number of nitrogens with zero attached hydrogens (tertiary/aromatic N) is 1. The second kappa shape index (κ2) is 6.13. The third kappa shape index (κ3) is 2.92. The van der Waals surface area contributed by atoms with E-state index in [9.17, 15) is 0 Å². The summed E-state index contributed by atoms with van der Waals surface area (Å²) in [4.78, 5) is 4.86. The fraction of sp³-hybridized carbons (Fsp3) is 0.786. The lowest BCUT2D eigenvalue weighted by atomic mass is 9.90. The topological polar surface area (TPSA) is 34.2 Å². The largest absolute Gasteiger partial charge is 0.381 e. The minimum absolute atomic E-state index is 0.0616. The number of thiazole rings is 1. The molecule has 0 amide bonds. The Balaban J connectivity index is 2.20. The predicted octanol–water partition coefficient (Wildman–Crippen LogP) is 3.27. The molecule has 0 atom stereocenters. The molecule has 0 radical (unpaired) electrons. The lowest BCUT2D eigenvalue weighted by Gasteiger charge is -2.36. The summed E-state index contributed by atoms with van der Waals surface area (Å²) in [6.07, 6.45) is 3.24. The zero-order valence-corrected chi connectivity index (χ0v) is 12.5. The summed E-state index contributed by atoms with van der Waals surface area (Å²) in [5.41, 5.74) is 1.28. The van der Waals surface area contributed by atoms with Crippen molar-refractivity contribution in [2.45, 2.75) is 51.5 Å². The standard InChI is InChI=1S/C14H24N2OS/c1-4-7-15-14(5-8-17-9-6-14)13-16-12(10-18-13)11(2)3/h10-11,15H,4-9H2,1-3H3. The Labute approximate surface area is 114 Å². The van der Waals surface area contributed by atoms with Gasteiger partial charge in [0.2, 0.25) is 0 Å². The summed E-state index contributed by atoms with van der Waals surface area (Å²) in [6, 6.07) is 0. The summed E-state index contributed by atoms with van der Waals surface area (Å²) < 4.78 is 5.52. The summed E-state index contributed by atoms with van der Waals surface area (Å²) in [7, 11) is 0. The number of rotatable bonds is 5. The molecule has 2 rings (SSSR count). The number of ether oxygens (including phenoxy) is 1. The van der Waals surface area contributed by atoms with E-state index in [1.54, 1.807) is 11.3 Å². The van der Waals surface area contributed by atoms with E-state index < -0.39 is 0 Å². The van der Waals surface area contributed by atoms with Gasteiger partial charge in [-0.15, -0.1) is 11.3 Å². The molecule has 4 heteroatoms. The van der Waals surface area contributed by atoms with Crippen LogP contribution >= 0.6 is 11.3 Å². The first kappa shape index (κ1) is 14.0. The molecule has 0 aromatic carbocycles. The van der Waals surface area contributed by atoms with Gasteiger partial charge in [0.05, 0.1) is 11.2 Å². The van der Waals surface area contributed by atoms with Crippen molar-refractivity contribution in [3.63, 3.8) is 0 Å². The van der Waals surface area contributed by atoms with E-state index >= 15 is 0 Å². The molecule has 0 spiro atoms. The number of hydrogen-bond donors (Lipinski definition) is 1. The van der Waals surface area contributed by atoms with Crippen molar-refractivity contribution in [2.24, 2.45) is 0 Å². The Morgan fingerprint density at radius 2 is 2.17 bits per heavy atom. The second-order valence-corrected chi connectivity index (χ2v) is 6.21. The molecule has 1 fully saturated rings. The van der Waals surface area contributed by atoms with Crippen molar-refractivity contribution in [1.29, 1.82) is 0 Å². The average molecular weight is 268 g/mol. The SMILES string of the molecule is CCCNC1(c2nc(C(C)C)cs2)CCOCC1. The van der Waals surface area contributed by atoms with Crippen LogP contribution in [0.4, 0.5) is 0 Å². The highest BCUT2D eigenvalue weighted by atomic mass is 32.1. The fourth-order valence-electron chi connectivity index (χ4n) is 2.32. The van der Waals surface area contributed by atoms with Crippen LogP contribution in [-0.4, -0.2) is 24.7 Å². The van der Waals surface area contributed by atoms with Gasteiger partial charge >= 0.3 is 0 Å². The van der Waals surface area contributed by atoms with Crippen LogP contribution in [-0.2, 0) is 10.3 Å². The fourth-order valence-corrected chi connectivity index (χ4v) is 3.54. The first-order valence-corrected chi connectivity index (χ1v) is 7.84. The monoisotopic (exact) mass is 268 g/mol. The van der Waals surface area contributed by atoms with Gasteiger partial charge in [0, 0.05) is 18.6 Å². The van der Waals surface area contributed by atoms with E-state index in [4.69, 9.17) is 9.72 Å². The van der Waals surface area contributed by atoms with Crippen LogP contribution in [0.5, 0.6) is 0 Å². The summed E-state index contributed by atoms with van der Waals surface area (Å²) in [5, 5.41) is 7.19. The van der Waals surface area contributed by atoms with Crippen molar-refractivity contribution >= 4 is 11.3 Å². The Hall–Kier alpha value is -0.450. The van der Waals surface area contributed by atoms with Gasteiger partial charge in [-0.05, 0) is 31.7 Å². The van der Waals surface area contributed by atoms with Crippen LogP contribution in [0.2, 0.25) is 0 Å². The van der Waals surface area contributed by atoms with Gasteiger partial charge in [-0.1, -0.05) is 20.8 Å².